The van der Waals surface area contributed by atoms with Gasteiger partial charge in [0.05, 0.1) is 24.9 Å². The molecule has 0 aromatic heterocycles. The van der Waals surface area contributed by atoms with Crippen molar-refractivity contribution < 1.29 is 24.5 Å². The van der Waals surface area contributed by atoms with Crippen LogP contribution < -0.4 is 0 Å². The minimum absolute atomic E-state index is 0.123. The number of ether oxygens (including phenoxy) is 2. The zero-order chi connectivity index (χ0) is 26.2. The molecule has 2 N–H and O–H groups in total. The minimum atomic E-state index is -0.317. The summed E-state index contributed by atoms with van der Waals surface area (Å²) in [6, 6.07) is 0. The highest BCUT2D eigenvalue weighted by Gasteiger charge is 2.65. The van der Waals surface area contributed by atoms with E-state index in [0.717, 1.165) is 44.9 Å². The van der Waals surface area contributed by atoms with Gasteiger partial charge < -0.3 is 19.7 Å². The Morgan fingerprint density at radius 2 is 1.68 bits per heavy atom. The van der Waals surface area contributed by atoms with Gasteiger partial charge >= 0.3 is 5.97 Å². The Labute approximate surface area is 225 Å². The second kappa shape index (κ2) is 11.5. The number of esters is 1. The third kappa shape index (κ3) is 5.27. The number of aliphatic hydroxyl groups is 2. The maximum absolute atomic E-state index is 12.5. The predicted octanol–water partition coefficient (Wildman–Crippen LogP) is 6.29. The first kappa shape index (κ1) is 27.9. The number of fused-ring (bicyclic) bond motifs is 5. The molecule has 5 heteroatoms. The molecule has 0 saturated heterocycles. The van der Waals surface area contributed by atoms with Crippen LogP contribution in [0.25, 0.3) is 0 Å². The van der Waals surface area contributed by atoms with E-state index in [1.165, 1.54) is 44.9 Å². The van der Waals surface area contributed by atoms with Crippen molar-refractivity contribution in [3.8, 4) is 0 Å². The average molecular weight is 519 g/mol. The smallest absolute Gasteiger partial charge is 0.305 e. The van der Waals surface area contributed by atoms with Crippen LogP contribution in [0, 0.1) is 46.3 Å². The summed E-state index contributed by atoms with van der Waals surface area (Å²) in [7, 11) is 0. The van der Waals surface area contributed by atoms with E-state index < -0.39 is 0 Å². The lowest BCUT2D eigenvalue weighted by Gasteiger charge is -2.63. The molecule has 37 heavy (non-hydrogen) atoms. The molecule has 0 amide bonds. The summed E-state index contributed by atoms with van der Waals surface area (Å²) in [4.78, 5) is 12.5. The van der Waals surface area contributed by atoms with Crippen molar-refractivity contribution in [3.63, 3.8) is 0 Å². The Kier molecular flexibility index (Phi) is 8.64. The number of carbonyl (C=O) groups excluding carboxylic acids is 1. The molecule has 0 aromatic rings. The fourth-order valence-corrected chi connectivity index (χ4v) is 10.4. The molecular formula is C32H54O5. The van der Waals surface area contributed by atoms with E-state index >= 15 is 0 Å². The molecule has 5 fully saturated rings. The quantitative estimate of drug-likeness (QED) is 0.292. The van der Waals surface area contributed by atoms with Gasteiger partial charge in [0.1, 0.15) is 6.61 Å². The molecule has 5 aliphatic carbocycles. The van der Waals surface area contributed by atoms with E-state index in [0.29, 0.717) is 61.2 Å². The third-order valence-electron chi connectivity index (χ3n) is 12.5. The molecule has 212 valence electrons. The predicted molar refractivity (Wildman–Crippen MR) is 145 cm³/mol. The van der Waals surface area contributed by atoms with Crippen molar-refractivity contribution in [1.82, 2.24) is 0 Å². The summed E-state index contributed by atoms with van der Waals surface area (Å²) < 4.78 is 11.4. The molecule has 5 saturated carbocycles. The molecule has 10 atom stereocenters. The maximum Gasteiger partial charge on any atom is 0.305 e. The molecule has 0 aliphatic heterocycles. The maximum atomic E-state index is 12.5. The van der Waals surface area contributed by atoms with Crippen LogP contribution in [-0.2, 0) is 14.3 Å². The average Bonchev–Trinajstić information content (AvgIpc) is 3.25. The Balaban J connectivity index is 1.15. The van der Waals surface area contributed by atoms with E-state index in [2.05, 4.69) is 20.8 Å². The first-order chi connectivity index (χ1) is 17.7. The van der Waals surface area contributed by atoms with Gasteiger partial charge in [0, 0.05) is 6.42 Å². The lowest BCUT2D eigenvalue weighted by Crippen LogP contribution is -2.61. The Morgan fingerprint density at radius 3 is 2.46 bits per heavy atom. The molecule has 10 unspecified atom stereocenters. The summed E-state index contributed by atoms with van der Waals surface area (Å²) in [5.41, 5.74) is 0.107. The molecule has 5 rings (SSSR count). The second-order valence-corrected chi connectivity index (χ2v) is 14.2. The highest BCUT2D eigenvalue weighted by molar-refractivity contribution is 5.69. The number of carbonyl (C=O) groups is 1. The van der Waals surface area contributed by atoms with Crippen molar-refractivity contribution in [1.29, 1.82) is 0 Å². The summed E-state index contributed by atoms with van der Waals surface area (Å²) in [6.45, 7) is 7.93. The van der Waals surface area contributed by atoms with Gasteiger partial charge in [-0.1, -0.05) is 52.9 Å². The minimum Gasteiger partial charge on any atom is -0.463 e. The van der Waals surface area contributed by atoms with Gasteiger partial charge in [-0.3, -0.25) is 4.79 Å². The first-order valence-electron chi connectivity index (χ1n) is 15.9. The van der Waals surface area contributed by atoms with Crippen molar-refractivity contribution in [2.45, 2.75) is 135 Å². The summed E-state index contributed by atoms with van der Waals surface area (Å²) in [5.74, 6) is 2.37. The largest absolute Gasteiger partial charge is 0.463 e. The van der Waals surface area contributed by atoms with Gasteiger partial charge in [-0.25, -0.2) is 0 Å². The molecule has 0 bridgehead atoms. The van der Waals surface area contributed by atoms with Crippen LogP contribution in [0.5, 0.6) is 0 Å². The van der Waals surface area contributed by atoms with Gasteiger partial charge in [-0.2, -0.15) is 0 Å². The van der Waals surface area contributed by atoms with Crippen LogP contribution in [0.15, 0.2) is 0 Å². The Bertz CT molecular complexity index is 779. The van der Waals surface area contributed by atoms with Gasteiger partial charge in [-0.15, -0.1) is 0 Å². The zero-order valence-corrected chi connectivity index (χ0v) is 23.8. The van der Waals surface area contributed by atoms with E-state index in [1.807, 2.05) is 0 Å². The molecule has 5 aliphatic rings. The molecule has 0 spiro atoms. The molecule has 0 radical (unpaired) electrons. The van der Waals surface area contributed by atoms with Gasteiger partial charge in [-0.05, 0) is 104 Å². The zero-order valence-electron chi connectivity index (χ0n) is 23.8. The lowest BCUT2D eigenvalue weighted by molar-refractivity contribution is -0.201. The third-order valence-corrected chi connectivity index (χ3v) is 12.5. The summed E-state index contributed by atoms with van der Waals surface area (Å²) in [6.07, 6.45) is 16.2. The topological polar surface area (TPSA) is 76.0 Å². The number of hydrogen-bond acceptors (Lipinski definition) is 5. The van der Waals surface area contributed by atoms with Crippen molar-refractivity contribution in [2.75, 3.05) is 13.2 Å². The SMILES string of the molecule is CC(CCC(=O)OCCOC1CCCCC1)C1CCC2C3C(O)CC4CCCCC4(C)C3CC(O)C12C. The highest BCUT2D eigenvalue weighted by atomic mass is 16.6. The number of hydrogen-bond donors (Lipinski definition) is 2. The molecule has 0 heterocycles. The fourth-order valence-electron chi connectivity index (χ4n) is 10.4. The van der Waals surface area contributed by atoms with E-state index in [9.17, 15) is 15.0 Å². The monoisotopic (exact) mass is 518 g/mol. The standard InChI is InChI=1S/C32H54O5/c1-21(12-15-29(35)37-18-17-36-23-10-5-4-6-11-23)24-13-14-25-30-26(20-28(34)32(24,25)3)31(2)16-8-7-9-22(31)19-27(30)33/h21-28,30,33-34H,4-20H2,1-3H3. The lowest BCUT2D eigenvalue weighted by atomic mass is 9.43. The Morgan fingerprint density at radius 1 is 0.919 bits per heavy atom. The fraction of sp³-hybridized carbons (Fsp3) is 0.969. The normalized spacial score (nSPS) is 44.9. The van der Waals surface area contributed by atoms with Crippen molar-refractivity contribution >= 4 is 5.97 Å². The van der Waals surface area contributed by atoms with Crippen LogP contribution in [0.2, 0.25) is 0 Å². The van der Waals surface area contributed by atoms with Gasteiger partial charge in [0.25, 0.3) is 0 Å². The van der Waals surface area contributed by atoms with Crippen LogP contribution in [0.4, 0.5) is 0 Å². The van der Waals surface area contributed by atoms with Gasteiger partial charge in [0.15, 0.2) is 0 Å². The number of rotatable bonds is 8. The van der Waals surface area contributed by atoms with E-state index in [-0.39, 0.29) is 29.0 Å². The molecule has 5 nitrogen and oxygen atoms in total. The van der Waals surface area contributed by atoms with Crippen molar-refractivity contribution in [3.05, 3.63) is 0 Å². The van der Waals surface area contributed by atoms with Crippen LogP contribution in [0.3, 0.4) is 0 Å². The van der Waals surface area contributed by atoms with Crippen LogP contribution >= 0.6 is 0 Å². The van der Waals surface area contributed by atoms with Gasteiger partial charge in [0.2, 0.25) is 0 Å². The molecule has 0 aromatic carbocycles. The van der Waals surface area contributed by atoms with Crippen LogP contribution in [-0.4, -0.2) is 47.7 Å². The second-order valence-electron chi connectivity index (χ2n) is 14.2. The highest BCUT2D eigenvalue weighted by Crippen LogP contribution is 2.68. The number of aliphatic hydroxyl groups excluding tert-OH is 2. The van der Waals surface area contributed by atoms with Crippen molar-refractivity contribution in [2.24, 2.45) is 46.3 Å². The molecular weight excluding hydrogens is 464 g/mol. The van der Waals surface area contributed by atoms with E-state index in [4.69, 9.17) is 9.47 Å². The summed E-state index contributed by atoms with van der Waals surface area (Å²) >= 11 is 0. The Hall–Kier alpha value is -0.650. The van der Waals surface area contributed by atoms with E-state index in [1.54, 1.807) is 0 Å². The summed E-state index contributed by atoms with van der Waals surface area (Å²) in [5, 5.41) is 23.2. The van der Waals surface area contributed by atoms with Crippen LogP contribution in [0.1, 0.15) is 117 Å². The first-order valence-corrected chi connectivity index (χ1v) is 15.9.